The van der Waals surface area contributed by atoms with E-state index in [0.717, 1.165) is 0 Å². The van der Waals surface area contributed by atoms with Crippen LogP contribution in [0.4, 0.5) is 22.4 Å². The average molecular weight is 427 g/mol. The Bertz CT molecular complexity index is 601. The summed E-state index contributed by atoms with van der Waals surface area (Å²) >= 11 is 3.12. The topological polar surface area (TPSA) is 50.4 Å². The van der Waals surface area contributed by atoms with Crippen LogP contribution in [-0.4, -0.2) is 25.1 Å². The number of ether oxygens (including phenoxy) is 1. The van der Waals surface area contributed by atoms with Gasteiger partial charge in [-0.15, -0.1) is 0 Å². The smallest absolute Gasteiger partial charge is 0.387 e. The molecule has 0 bridgehead atoms. The van der Waals surface area contributed by atoms with Gasteiger partial charge in [0, 0.05) is 31.5 Å². The van der Waals surface area contributed by atoms with E-state index in [2.05, 4.69) is 31.3 Å². The molecule has 4 nitrogen and oxygen atoms in total. The molecular formula is C16H19BrF4N2O2. The molecule has 1 aromatic rings. The maximum Gasteiger partial charge on any atom is 0.387 e. The number of carbonyl (C=O) groups excluding carboxylic acids is 1. The van der Waals surface area contributed by atoms with Gasteiger partial charge in [-0.2, -0.15) is 8.78 Å². The van der Waals surface area contributed by atoms with E-state index >= 15 is 0 Å². The second-order valence-electron chi connectivity index (χ2n) is 5.99. The van der Waals surface area contributed by atoms with Crippen LogP contribution in [0, 0.1) is 5.92 Å². The van der Waals surface area contributed by atoms with Gasteiger partial charge in [-0.05, 0) is 40.8 Å². The van der Waals surface area contributed by atoms with Crippen molar-refractivity contribution in [2.24, 2.45) is 5.92 Å². The standard InChI is InChI=1S/C16H19BrF4N2O2/c17-12-5-1-4-11(13(12)25-14(18)19)9-23-15(24)22-8-10-3-2-6-16(20,21)7-10/h1,4-5,10,14H,2-3,6-9H2,(H2,22,23,24). The molecule has 1 aliphatic rings. The van der Waals surface area contributed by atoms with Crippen LogP contribution in [0.1, 0.15) is 31.2 Å². The van der Waals surface area contributed by atoms with Crippen LogP contribution in [0.15, 0.2) is 22.7 Å². The maximum atomic E-state index is 13.3. The SMILES string of the molecule is O=C(NCc1cccc(Br)c1OC(F)F)NCC1CCCC(F)(F)C1. The highest BCUT2D eigenvalue weighted by molar-refractivity contribution is 9.10. The highest BCUT2D eigenvalue weighted by Crippen LogP contribution is 2.36. The minimum absolute atomic E-state index is 0.0336. The Morgan fingerprint density at radius 2 is 2.12 bits per heavy atom. The minimum Gasteiger partial charge on any atom is -0.433 e. The summed E-state index contributed by atoms with van der Waals surface area (Å²) in [4.78, 5) is 11.8. The molecule has 1 atom stereocenters. The van der Waals surface area contributed by atoms with Gasteiger partial charge in [-0.25, -0.2) is 13.6 Å². The van der Waals surface area contributed by atoms with Gasteiger partial charge in [0.2, 0.25) is 5.92 Å². The largest absolute Gasteiger partial charge is 0.433 e. The van der Waals surface area contributed by atoms with Crippen molar-refractivity contribution in [3.63, 3.8) is 0 Å². The number of amides is 2. The number of rotatable bonds is 6. The first-order valence-electron chi connectivity index (χ1n) is 7.88. The zero-order valence-corrected chi connectivity index (χ0v) is 14.9. The third kappa shape index (κ3) is 6.37. The van der Waals surface area contributed by atoms with Gasteiger partial charge < -0.3 is 15.4 Å². The summed E-state index contributed by atoms with van der Waals surface area (Å²) in [5.41, 5.74) is 0.369. The van der Waals surface area contributed by atoms with Crippen LogP contribution in [0.5, 0.6) is 5.75 Å². The first-order chi connectivity index (χ1) is 11.8. The highest BCUT2D eigenvalue weighted by atomic mass is 79.9. The summed E-state index contributed by atoms with van der Waals surface area (Å²) in [7, 11) is 0. The van der Waals surface area contributed by atoms with Crippen LogP contribution in [0.3, 0.4) is 0 Å². The van der Waals surface area contributed by atoms with Gasteiger partial charge in [-0.1, -0.05) is 12.1 Å². The third-order valence-corrected chi connectivity index (χ3v) is 4.61. The molecule has 0 aromatic heterocycles. The first-order valence-corrected chi connectivity index (χ1v) is 8.68. The van der Waals surface area contributed by atoms with Gasteiger partial charge in [-0.3, -0.25) is 0 Å². The Labute approximate surface area is 151 Å². The summed E-state index contributed by atoms with van der Waals surface area (Å²) in [6.07, 6.45) is 0.748. The molecule has 0 spiro atoms. The van der Waals surface area contributed by atoms with Crippen molar-refractivity contribution in [1.82, 2.24) is 10.6 Å². The molecule has 2 rings (SSSR count). The maximum absolute atomic E-state index is 13.3. The van der Waals surface area contributed by atoms with E-state index in [9.17, 15) is 22.4 Å². The van der Waals surface area contributed by atoms with E-state index in [0.29, 0.717) is 22.9 Å². The van der Waals surface area contributed by atoms with E-state index in [1.807, 2.05) is 0 Å². The van der Waals surface area contributed by atoms with Gasteiger partial charge in [0.25, 0.3) is 0 Å². The van der Waals surface area contributed by atoms with E-state index in [1.165, 1.54) is 0 Å². The number of hydrogen-bond acceptors (Lipinski definition) is 2. The molecule has 2 amide bonds. The normalized spacial score (nSPS) is 19.5. The fourth-order valence-electron chi connectivity index (χ4n) is 2.84. The summed E-state index contributed by atoms with van der Waals surface area (Å²) in [6.45, 7) is -2.87. The number of urea groups is 1. The fourth-order valence-corrected chi connectivity index (χ4v) is 3.34. The first kappa shape index (κ1) is 19.8. The van der Waals surface area contributed by atoms with Gasteiger partial charge in [0.05, 0.1) is 4.47 Å². The Hall–Kier alpha value is -1.51. The molecule has 140 valence electrons. The predicted molar refractivity (Wildman–Crippen MR) is 87.9 cm³/mol. The van der Waals surface area contributed by atoms with Crippen molar-refractivity contribution in [1.29, 1.82) is 0 Å². The van der Waals surface area contributed by atoms with Crippen molar-refractivity contribution >= 4 is 22.0 Å². The summed E-state index contributed by atoms with van der Waals surface area (Å²) < 4.78 is 56.4. The molecule has 1 aromatic carbocycles. The number of alkyl halides is 4. The van der Waals surface area contributed by atoms with E-state index in [4.69, 9.17) is 0 Å². The van der Waals surface area contributed by atoms with Gasteiger partial charge in [0.15, 0.2) is 0 Å². The van der Waals surface area contributed by atoms with E-state index in [-0.39, 0.29) is 37.6 Å². The monoisotopic (exact) mass is 426 g/mol. The molecule has 1 fully saturated rings. The van der Waals surface area contributed by atoms with Crippen molar-refractivity contribution in [3.05, 3.63) is 28.2 Å². The molecular weight excluding hydrogens is 408 g/mol. The minimum atomic E-state index is -2.99. The molecule has 0 heterocycles. The molecule has 2 N–H and O–H groups in total. The molecule has 0 radical (unpaired) electrons. The predicted octanol–water partition coefficient (Wildman–Crippen LogP) is 4.68. The summed E-state index contributed by atoms with van der Waals surface area (Å²) in [6, 6.07) is 4.17. The second-order valence-corrected chi connectivity index (χ2v) is 6.84. The highest BCUT2D eigenvalue weighted by Gasteiger charge is 2.36. The lowest BCUT2D eigenvalue weighted by Crippen LogP contribution is -2.40. The van der Waals surface area contributed by atoms with Crippen molar-refractivity contribution in [2.75, 3.05) is 6.54 Å². The third-order valence-electron chi connectivity index (χ3n) is 3.99. The van der Waals surface area contributed by atoms with Crippen molar-refractivity contribution < 1.29 is 27.1 Å². The zero-order valence-electron chi connectivity index (χ0n) is 13.3. The number of benzene rings is 1. The second kappa shape index (κ2) is 8.73. The van der Waals surface area contributed by atoms with Gasteiger partial charge >= 0.3 is 12.6 Å². The van der Waals surface area contributed by atoms with Crippen LogP contribution < -0.4 is 15.4 Å². The Balaban J connectivity index is 1.83. The molecule has 1 saturated carbocycles. The number of carbonyl (C=O) groups is 1. The average Bonchev–Trinajstić information content (AvgIpc) is 2.52. The van der Waals surface area contributed by atoms with Gasteiger partial charge in [0.1, 0.15) is 5.75 Å². The lowest BCUT2D eigenvalue weighted by atomic mass is 9.86. The van der Waals surface area contributed by atoms with Crippen molar-refractivity contribution in [3.8, 4) is 5.75 Å². The number of nitrogens with one attached hydrogen (secondary N) is 2. The van der Waals surface area contributed by atoms with Crippen LogP contribution in [-0.2, 0) is 6.54 Å². The number of para-hydroxylation sites is 1. The molecule has 0 saturated heterocycles. The van der Waals surface area contributed by atoms with E-state index in [1.54, 1.807) is 18.2 Å². The molecule has 1 unspecified atom stereocenters. The van der Waals surface area contributed by atoms with Crippen LogP contribution in [0.25, 0.3) is 0 Å². The van der Waals surface area contributed by atoms with Crippen molar-refractivity contribution in [2.45, 2.75) is 44.8 Å². The van der Waals surface area contributed by atoms with Crippen LogP contribution >= 0.6 is 15.9 Å². The van der Waals surface area contributed by atoms with E-state index < -0.39 is 18.6 Å². The Kier molecular flexibility index (Phi) is 6.92. The zero-order chi connectivity index (χ0) is 18.4. The summed E-state index contributed by atoms with van der Waals surface area (Å²) in [5.74, 6) is -2.98. The summed E-state index contributed by atoms with van der Waals surface area (Å²) in [5, 5.41) is 5.07. The molecule has 1 aliphatic carbocycles. The quantitative estimate of drug-likeness (QED) is 0.649. The lowest BCUT2D eigenvalue weighted by Gasteiger charge is -2.28. The molecule has 0 aliphatic heterocycles. The lowest BCUT2D eigenvalue weighted by molar-refractivity contribution is -0.0521. The van der Waals surface area contributed by atoms with Crippen LogP contribution in [0.2, 0.25) is 0 Å². The fraction of sp³-hybridized carbons (Fsp3) is 0.562. The molecule has 25 heavy (non-hydrogen) atoms. The Morgan fingerprint density at radius 1 is 1.36 bits per heavy atom. The molecule has 9 heteroatoms. The number of hydrogen-bond donors (Lipinski definition) is 2. The Morgan fingerprint density at radius 3 is 2.80 bits per heavy atom. The number of halogens is 5.